The average molecular weight is 316 g/mol. The highest BCUT2D eigenvalue weighted by Crippen LogP contribution is 2.39. The molecule has 0 heterocycles. The highest BCUT2D eigenvalue weighted by molar-refractivity contribution is 4.93. The van der Waals surface area contributed by atoms with Crippen molar-refractivity contribution < 1.29 is 0 Å². The average Bonchev–Trinajstić information content (AvgIpc) is 2.54. The summed E-state index contributed by atoms with van der Waals surface area (Å²) in [5, 5.41) is 0. The van der Waals surface area contributed by atoms with E-state index >= 15 is 0 Å². The van der Waals surface area contributed by atoms with Gasteiger partial charge in [0.25, 0.3) is 0 Å². The smallest absolute Gasteiger partial charge is 0.0206 e. The van der Waals surface area contributed by atoms with Crippen LogP contribution in [0.3, 0.4) is 0 Å². The molecule has 0 aromatic heterocycles. The molecule has 138 valence electrons. The first-order valence-corrected chi connectivity index (χ1v) is 10.1. The van der Waals surface area contributed by atoms with Crippen LogP contribution in [0.2, 0.25) is 0 Å². The van der Waals surface area contributed by atoms with Gasteiger partial charge in [-0.2, -0.15) is 0 Å². The molecule has 1 saturated carbocycles. The van der Waals surface area contributed by atoms with Gasteiger partial charge in [0.2, 0.25) is 0 Å². The van der Waals surface area contributed by atoms with Crippen LogP contribution in [0.15, 0.2) is 0 Å². The van der Waals surface area contributed by atoms with E-state index in [-0.39, 0.29) is 0 Å². The number of rotatable bonds is 4. The zero-order valence-corrected chi connectivity index (χ0v) is 18.1. The molecule has 1 unspecified atom stereocenters. The Hall–Kier alpha value is -0.0400. The van der Waals surface area contributed by atoms with E-state index in [2.05, 4.69) is 53.6 Å². The van der Waals surface area contributed by atoms with Crippen LogP contribution in [0, 0.1) is 11.8 Å². The Morgan fingerprint density at radius 3 is 1.59 bits per heavy atom. The second-order valence-corrected chi connectivity index (χ2v) is 6.73. The lowest BCUT2D eigenvalue weighted by Gasteiger charge is -2.46. The molecule has 0 aromatic carbocycles. The van der Waals surface area contributed by atoms with E-state index in [0.29, 0.717) is 5.54 Å². The molecule has 1 aliphatic rings. The SMILES string of the molecule is CC.CC.CCC.CCC(C)CC1(N(C)C)CCC(C)CC1. The minimum atomic E-state index is 0.516. The van der Waals surface area contributed by atoms with Crippen molar-refractivity contribution in [1.29, 1.82) is 0 Å². The molecular weight excluding hydrogens is 266 g/mol. The summed E-state index contributed by atoms with van der Waals surface area (Å²) < 4.78 is 0. The number of hydrogen-bond acceptors (Lipinski definition) is 1. The predicted molar refractivity (Wildman–Crippen MR) is 107 cm³/mol. The van der Waals surface area contributed by atoms with Gasteiger partial charge in [0.15, 0.2) is 0 Å². The summed E-state index contributed by atoms with van der Waals surface area (Å²) in [6, 6.07) is 0. The maximum absolute atomic E-state index is 2.50. The Morgan fingerprint density at radius 1 is 0.955 bits per heavy atom. The lowest BCUT2D eigenvalue weighted by molar-refractivity contribution is 0.0589. The maximum Gasteiger partial charge on any atom is 0.0206 e. The second kappa shape index (κ2) is 17.3. The highest BCUT2D eigenvalue weighted by Gasteiger charge is 2.36. The molecule has 1 heteroatoms. The number of nitrogens with zero attached hydrogens (tertiary/aromatic N) is 1. The van der Waals surface area contributed by atoms with Gasteiger partial charge in [0, 0.05) is 5.54 Å². The zero-order chi connectivity index (χ0) is 18.2. The fraction of sp³-hybridized carbons (Fsp3) is 1.00. The van der Waals surface area contributed by atoms with Gasteiger partial charge in [-0.3, -0.25) is 0 Å². The summed E-state index contributed by atoms with van der Waals surface area (Å²) in [6.45, 7) is 19.4. The van der Waals surface area contributed by atoms with Gasteiger partial charge < -0.3 is 4.90 Å². The Kier molecular flexibility index (Phi) is 21.1. The van der Waals surface area contributed by atoms with Crippen molar-refractivity contribution in [2.45, 2.75) is 113 Å². The molecule has 0 spiro atoms. The van der Waals surface area contributed by atoms with Crippen LogP contribution in [0.4, 0.5) is 0 Å². The van der Waals surface area contributed by atoms with E-state index in [1.165, 1.54) is 44.9 Å². The predicted octanol–water partition coefficient (Wildman–Crippen LogP) is 7.40. The van der Waals surface area contributed by atoms with Crippen molar-refractivity contribution in [2.24, 2.45) is 11.8 Å². The topological polar surface area (TPSA) is 3.24 Å². The third-order valence-corrected chi connectivity index (χ3v) is 4.58. The lowest BCUT2D eigenvalue weighted by atomic mass is 9.72. The molecule has 1 rings (SSSR count). The van der Waals surface area contributed by atoms with Crippen molar-refractivity contribution in [1.82, 2.24) is 4.90 Å². The molecule has 1 aliphatic carbocycles. The van der Waals surface area contributed by atoms with Gasteiger partial charge >= 0.3 is 0 Å². The Morgan fingerprint density at radius 2 is 1.32 bits per heavy atom. The van der Waals surface area contributed by atoms with E-state index < -0.39 is 0 Å². The monoisotopic (exact) mass is 315 g/mol. The van der Waals surface area contributed by atoms with Crippen LogP contribution in [0.25, 0.3) is 0 Å². The molecule has 0 N–H and O–H groups in total. The molecule has 1 nitrogen and oxygen atoms in total. The van der Waals surface area contributed by atoms with Gasteiger partial charge in [-0.25, -0.2) is 0 Å². The van der Waals surface area contributed by atoms with Gasteiger partial charge in [0.05, 0.1) is 0 Å². The lowest BCUT2D eigenvalue weighted by Crippen LogP contribution is -2.47. The van der Waals surface area contributed by atoms with Crippen molar-refractivity contribution in [3.63, 3.8) is 0 Å². The zero-order valence-electron chi connectivity index (χ0n) is 18.1. The van der Waals surface area contributed by atoms with Crippen LogP contribution in [-0.2, 0) is 0 Å². The van der Waals surface area contributed by atoms with Gasteiger partial charge in [-0.1, -0.05) is 75.2 Å². The summed E-state index contributed by atoms with van der Waals surface area (Å²) in [4.78, 5) is 2.50. The first kappa shape index (κ1) is 26.8. The molecule has 0 aromatic rings. The third-order valence-electron chi connectivity index (χ3n) is 4.58. The van der Waals surface area contributed by atoms with Crippen LogP contribution >= 0.6 is 0 Å². The molecule has 1 fully saturated rings. The van der Waals surface area contributed by atoms with Crippen molar-refractivity contribution in [3.8, 4) is 0 Å². The van der Waals surface area contributed by atoms with Crippen molar-refractivity contribution >= 4 is 0 Å². The Labute approximate surface area is 144 Å². The summed E-state index contributed by atoms with van der Waals surface area (Å²) in [5.41, 5.74) is 0.516. The first-order chi connectivity index (χ1) is 10.4. The van der Waals surface area contributed by atoms with Crippen LogP contribution in [-0.4, -0.2) is 24.5 Å². The second-order valence-electron chi connectivity index (χ2n) is 6.73. The molecule has 22 heavy (non-hydrogen) atoms. The van der Waals surface area contributed by atoms with Crippen molar-refractivity contribution in [3.05, 3.63) is 0 Å². The van der Waals surface area contributed by atoms with E-state index in [4.69, 9.17) is 0 Å². The molecule has 0 saturated heterocycles. The van der Waals surface area contributed by atoms with Crippen LogP contribution in [0.5, 0.6) is 0 Å². The number of hydrogen-bond donors (Lipinski definition) is 0. The minimum Gasteiger partial charge on any atom is -0.304 e. The Bertz CT molecular complexity index is 190. The maximum atomic E-state index is 2.50. The summed E-state index contributed by atoms with van der Waals surface area (Å²) >= 11 is 0. The summed E-state index contributed by atoms with van der Waals surface area (Å²) in [6.07, 6.45) is 9.63. The van der Waals surface area contributed by atoms with Gasteiger partial charge in [0.1, 0.15) is 0 Å². The highest BCUT2D eigenvalue weighted by atomic mass is 15.1. The third kappa shape index (κ3) is 11.5. The van der Waals surface area contributed by atoms with E-state index in [1.807, 2.05) is 27.7 Å². The quantitative estimate of drug-likeness (QED) is 0.522. The largest absolute Gasteiger partial charge is 0.304 e. The van der Waals surface area contributed by atoms with E-state index in [0.717, 1.165) is 11.8 Å². The molecule has 0 aliphatic heterocycles. The van der Waals surface area contributed by atoms with Crippen LogP contribution < -0.4 is 0 Å². The molecule has 0 amide bonds. The summed E-state index contributed by atoms with van der Waals surface area (Å²) in [5.74, 6) is 1.83. The first-order valence-electron chi connectivity index (χ1n) is 10.1. The minimum absolute atomic E-state index is 0.516. The molecule has 0 bridgehead atoms. The normalized spacial score (nSPS) is 24.8. The Balaban J connectivity index is -0.000000446. The van der Waals surface area contributed by atoms with Gasteiger partial charge in [-0.15, -0.1) is 0 Å². The fourth-order valence-electron chi connectivity index (χ4n) is 2.93. The van der Waals surface area contributed by atoms with Gasteiger partial charge in [-0.05, 0) is 58.0 Å². The van der Waals surface area contributed by atoms with Crippen molar-refractivity contribution in [2.75, 3.05) is 14.1 Å². The molecule has 0 radical (unpaired) electrons. The van der Waals surface area contributed by atoms with E-state index in [9.17, 15) is 0 Å². The summed E-state index contributed by atoms with van der Waals surface area (Å²) in [7, 11) is 4.55. The standard InChI is InChI=1S/C14H29N.C3H8.2C2H6/c1-6-12(2)11-14(15(4)5)9-7-13(3)8-10-14;1-3-2;2*1-2/h12-13H,6-11H2,1-5H3;3H2,1-2H3;2*1-2H3. The van der Waals surface area contributed by atoms with Crippen LogP contribution in [0.1, 0.15) is 107 Å². The fourth-order valence-corrected chi connectivity index (χ4v) is 2.93. The molecular formula is C21H49N. The molecule has 1 atom stereocenters. The van der Waals surface area contributed by atoms with E-state index in [1.54, 1.807) is 0 Å².